The first kappa shape index (κ1) is 23.2. The van der Waals surface area contributed by atoms with E-state index in [0.29, 0.717) is 25.9 Å². The maximum Gasteiger partial charge on any atom is 0.417 e. The zero-order chi connectivity index (χ0) is 23.0. The fourth-order valence-electron chi connectivity index (χ4n) is 4.36. The van der Waals surface area contributed by atoms with Gasteiger partial charge in [0.1, 0.15) is 12.7 Å². The van der Waals surface area contributed by atoms with Crippen LogP contribution in [0, 0.1) is 0 Å². The largest absolute Gasteiger partial charge is 0.447 e. The fourth-order valence-corrected chi connectivity index (χ4v) is 4.36. The summed E-state index contributed by atoms with van der Waals surface area (Å²) in [6.07, 6.45) is 4.63. The van der Waals surface area contributed by atoms with Crippen molar-refractivity contribution in [1.29, 1.82) is 0 Å². The Labute approximate surface area is 195 Å². The Morgan fingerprint density at radius 2 is 1.70 bits per heavy atom. The van der Waals surface area contributed by atoms with E-state index < -0.39 is 12.2 Å². The number of benzene rings is 2. The van der Waals surface area contributed by atoms with Crippen LogP contribution in [0.4, 0.5) is 4.79 Å². The Balaban J connectivity index is 1.42. The number of nitrogens with zero attached hydrogens (tertiary/aromatic N) is 1. The van der Waals surface area contributed by atoms with Crippen molar-refractivity contribution in [1.82, 2.24) is 4.90 Å². The molecule has 174 valence electrons. The van der Waals surface area contributed by atoms with Crippen molar-refractivity contribution in [2.45, 2.75) is 63.6 Å². The molecule has 2 aromatic rings. The zero-order valence-electron chi connectivity index (χ0n) is 19.0. The molecule has 4 rings (SSSR count). The number of cyclic esters (lactones) is 1. The van der Waals surface area contributed by atoms with Gasteiger partial charge < -0.3 is 14.2 Å². The molecular formula is C27H31NO5. The van der Waals surface area contributed by atoms with Gasteiger partial charge in [-0.2, -0.15) is 0 Å². The van der Waals surface area contributed by atoms with Crippen molar-refractivity contribution in [3.8, 4) is 0 Å². The zero-order valence-corrected chi connectivity index (χ0v) is 19.0. The van der Waals surface area contributed by atoms with Gasteiger partial charge in [0.15, 0.2) is 0 Å². The van der Waals surface area contributed by atoms with Crippen molar-refractivity contribution in [2.75, 3.05) is 6.61 Å². The summed E-state index contributed by atoms with van der Waals surface area (Å²) < 4.78 is 17.7. The van der Waals surface area contributed by atoms with Crippen molar-refractivity contribution >= 4 is 12.0 Å². The molecule has 0 aromatic heterocycles. The number of ether oxygens (including phenoxy) is 3. The van der Waals surface area contributed by atoms with E-state index in [0.717, 1.165) is 17.5 Å². The molecule has 6 nitrogen and oxygen atoms in total. The molecule has 6 heteroatoms. The van der Waals surface area contributed by atoms with E-state index in [9.17, 15) is 9.59 Å². The molecule has 0 N–H and O–H groups in total. The van der Waals surface area contributed by atoms with Crippen molar-refractivity contribution < 1.29 is 23.8 Å². The van der Waals surface area contributed by atoms with Crippen LogP contribution in [-0.2, 0) is 32.0 Å². The highest BCUT2D eigenvalue weighted by atomic mass is 16.6. The molecule has 2 aliphatic rings. The molecule has 2 amide bonds. The van der Waals surface area contributed by atoms with Crippen LogP contribution in [0.2, 0.25) is 0 Å². The van der Waals surface area contributed by atoms with Gasteiger partial charge in [-0.1, -0.05) is 79.7 Å². The summed E-state index contributed by atoms with van der Waals surface area (Å²) in [5.41, 5.74) is 2.15. The van der Waals surface area contributed by atoms with Crippen LogP contribution in [0.1, 0.15) is 37.3 Å². The van der Waals surface area contributed by atoms with Gasteiger partial charge in [0.2, 0.25) is 0 Å². The highest BCUT2D eigenvalue weighted by molar-refractivity contribution is 5.96. The minimum absolute atomic E-state index is 0.158. The summed E-state index contributed by atoms with van der Waals surface area (Å²) >= 11 is 0. The first-order valence-corrected chi connectivity index (χ1v) is 11.7. The molecule has 4 atom stereocenters. The number of hydrogen-bond acceptors (Lipinski definition) is 5. The molecule has 0 spiro atoms. The van der Waals surface area contributed by atoms with E-state index in [1.165, 1.54) is 4.90 Å². The topological polar surface area (TPSA) is 65.1 Å². The highest BCUT2D eigenvalue weighted by Gasteiger charge is 2.42. The lowest BCUT2D eigenvalue weighted by atomic mass is 10.1. The minimum atomic E-state index is -0.743. The second-order valence-electron chi connectivity index (χ2n) is 8.48. The second-order valence-corrected chi connectivity index (χ2v) is 8.48. The Bertz CT molecular complexity index is 945. The van der Waals surface area contributed by atoms with Crippen LogP contribution in [-0.4, -0.2) is 47.9 Å². The van der Waals surface area contributed by atoms with Gasteiger partial charge in [0, 0.05) is 6.42 Å². The van der Waals surface area contributed by atoms with E-state index in [4.69, 9.17) is 14.2 Å². The van der Waals surface area contributed by atoms with Gasteiger partial charge in [-0.3, -0.25) is 4.79 Å². The van der Waals surface area contributed by atoms with Crippen LogP contribution in [0.15, 0.2) is 72.8 Å². The molecule has 2 heterocycles. The molecule has 2 aromatic carbocycles. The third-order valence-electron chi connectivity index (χ3n) is 6.14. The molecule has 0 saturated carbocycles. The van der Waals surface area contributed by atoms with Gasteiger partial charge in [0.05, 0.1) is 24.9 Å². The second kappa shape index (κ2) is 11.3. The molecule has 33 heavy (non-hydrogen) atoms. The number of hydrogen-bond donors (Lipinski definition) is 0. The molecule has 0 radical (unpaired) electrons. The predicted molar refractivity (Wildman–Crippen MR) is 124 cm³/mol. The van der Waals surface area contributed by atoms with E-state index in [2.05, 4.69) is 6.92 Å². The Kier molecular flexibility index (Phi) is 7.92. The van der Waals surface area contributed by atoms with Crippen molar-refractivity contribution in [3.05, 3.63) is 83.9 Å². The van der Waals surface area contributed by atoms with Gasteiger partial charge in [-0.25, -0.2) is 9.69 Å². The molecule has 0 bridgehead atoms. The van der Waals surface area contributed by atoms with Crippen LogP contribution >= 0.6 is 0 Å². The standard InChI is InChI=1S/C27H31NO5/c1-2-23(31-18-21-13-7-4-8-14-21)24-15-9-10-16-25(33-24)26(29)28-22(19-32-27(28)30)17-20-11-5-3-6-12-20/h3-14,22-25H,2,15-19H2,1H3/t22-,23-,24-,25+/m1/s1. The SMILES string of the molecule is CC[C@@H](OCc1ccccc1)[C@H]1CC=CC[C@@H](C(=O)N2C(=O)OC[C@H]2Cc2ccccc2)O1. The first-order chi connectivity index (χ1) is 16.2. The van der Waals surface area contributed by atoms with E-state index in [1.807, 2.05) is 72.8 Å². The van der Waals surface area contributed by atoms with Crippen molar-refractivity contribution in [2.24, 2.45) is 0 Å². The third-order valence-corrected chi connectivity index (χ3v) is 6.14. The fraction of sp³-hybridized carbons (Fsp3) is 0.407. The predicted octanol–water partition coefficient (Wildman–Crippen LogP) is 4.68. The summed E-state index contributed by atoms with van der Waals surface area (Å²) in [6.45, 7) is 2.74. The van der Waals surface area contributed by atoms with Crippen LogP contribution in [0.5, 0.6) is 0 Å². The Hall–Kier alpha value is -2.96. The summed E-state index contributed by atoms with van der Waals surface area (Å²) in [6, 6.07) is 19.5. The molecule has 0 aliphatic carbocycles. The van der Waals surface area contributed by atoms with Gasteiger partial charge in [-0.05, 0) is 30.4 Å². The molecule has 1 fully saturated rings. The van der Waals surface area contributed by atoms with Crippen LogP contribution in [0.25, 0.3) is 0 Å². The average molecular weight is 450 g/mol. The summed E-state index contributed by atoms with van der Waals surface area (Å²) in [5, 5.41) is 0. The minimum Gasteiger partial charge on any atom is -0.447 e. The smallest absolute Gasteiger partial charge is 0.417 e. The maximum atomic E-state index is 13.4. The van der Waals surface area contributed by atoms with Gasteiger partial charge in [-0.15, -0.1) is 0 Å². The highest BCUT2D eigenvalue weighted by Crippen LogP contribution is 2.25. The average Bonchev–Trinajstić information content (AvgIpc) is 3.05. The Morgan fingerprint density at radius 3 is 2.39 bits per heavy atom. The number of imide groups is 1. The number of rotatable bonds is 8. The quantitative estimate of drug-likeness (QED) is 0.548. The lowest BCUT2D eigenvalue weighted by Crippen LogP contribution is -2.48. The van der Waals surface area contributed by atoms with Crippen molar-refractivity contribution in [3.63, 3.8) is 0 Å². The number of carbonyl (C=O) groups is 2. The van der Waals surface area contributed by atoms with Gasteiger partial charge in [0.25, 0.3) is 5.91 Å². The summed E-state index contributed by atoms with van der Waals surface area (Å²) in [5.74, 6) is -0.340. The van der Waals surface area contributed by atoms with E-state index in [-0.39, 0.29) is 30.8 Å². The molecular weight excluding hydrogens is 418 g/mol. The number of amides is 2. The lowest BCUT2D eigenvalue weighted by Gasteiger charge is -2.30. The lowest BCUT2D eigenvalue weighted by molar-refractivity contribution is -0.153. The maximum absolute atomic E-state index is 13.4. The van der Waals surface area contributed by atoms with Crippen LogP contribution < -0.4 is 0 Å². The van der Waals surface area contributed by atoms with Gasteiger partial charge >= 0.3 is 6.09 Å². The third kappa shape index (κ3) is 5.89. The summed E-state index contributed by atoms with van der Waals surface area (Å²) in [4.78, 5) is 27.1. The van der Waals surface area contributed by atoms with E-state index >= 15 is 0 Å². The van der Waals surface area contributed by atoms with Crippen LogP contribution in [0.3, 0.4) is 0 Å². The van der Waals surface area contributed by atoms with E-state index in [1.54, 1.807) is 0 Å². The molecule has 1 saturated heterocycles. The monoisotopic (exact) mass is 449 g/mol. The molecule has 0 unspecified atom stereocenters. The normalized spacial score (nSPS) is 23.7. The first-order valence-electron chi connectivity index (χ1n) is 11.7. The Morgan fingerprint density at radius 1 is 1.03 bits per heavy atom. The molecule has 2 aliphatic heterocycles. The summed E-state index contributed by atoms with van der Waals surface area (Å²) in [7, 11) is 0. The number of carbonyl (C=O) groups excluding carboxylic acids is 2.